The molecular formula is C25H23ClN2O5S. The number of carbonyl (C=O) groups excluding carboxylic acids is 2. The number of nitrogens with zero attached hydrogens (tertiary/aromatic N) is 2. The number of rotatable bonds is 6. The highest BCUT2D eigenvalue weighted by atomic mass is 35.5. The normalized spacial score (nSPS) is 15.0. The fourth-order valence-corrected chi connectivity index (χ4v) is 5.39. The molecular weight excluding hydrogens is 476 g/mol. The third-order valence-corrected chi connectivity index (χ3v) is 7.85. The first kappa shape index (κ1) is 23.8. The molecule has 0 fully saturated rings. The third-order valence-electron chi connectivity index (χ3n) is 5.74. The van der Waals surface area contributed by atoms with Gasteiger partial charge in [0.25, 0.3) is 15.9 Å². The Bertz CT molecular complexity index is 1340. The average molecular weight is 499 g/mol. The molecule has 0 N–H and O–H groups in total. The summed E-state index contributed by atoms with van der Waals surface area (Å²) in [5.41, 5.74) is 2.18. The Hall–Kier alpha value is -3.36. The van der Waals surface area contributed by atoms with E-state index in [1.54, 1.807) is 35.2 Å². The number of hydrogen-bond acceptors (Lipinski definition) is 5. The molecule has 4 rings (SSSR count). The predicted molar refractivity (Wildman–Crippen MR) is 131 cm³/mol. The molecule has 9 heteroatoms. The van der Waals surface area contributed by atoms with Crippen LogP contribution in [0.3, 0.4) is 0 Å². The van der Waals surface area contributed by atoms with Crippen LogP contribution < -0.4 is 9.21 Å². The smallest absolute Gasteiger partial charge is 0.340 e. The van der Waals surface area contributed by atoms with Crippen molar-refractivity contribution in [3.05, 3.63) is 88.9 Å². The summed E-state index contributed by atoms with van der Waals surface area (Å²) in [5, 5.41) is 0.0265. The van der Waals surface area contributed by atoms with Crippen molar-refractivity contribution >= 4 is 44.9 Å². The Kier molecular flexibility index (Phi) is 6.63. The number of para-hydroxylation sites is 2. The fraction of sp³-hybridized carbons (Fsp3) is 0.200. The lowest BCUT2D eigenvalue weighted by atomic mass is 10.1. The molecule has 176 valence electrons. The zero-order chi connectivity index (χ0) is 24.5. The van der Waals surface area contributed by atoms with Crippen molar-refractivity contribution in [2.75, 3.05) is 22.9 Å². The number of hydrogen-bond donors (Lipinski definition) is 0. The molecule has 7 nitrogen and oxygen atoms in total. The molecule has 1 aliphatic rings. The zero-order valence-corrected chi connectivity index (χ0v) is 20.2. The summed E-state index contributed by atoms with van der Waals surface area (Å²) >= 11 is 6.17. The number of sulfonamides is 1. The number of amides is 1. The van der Waals surface area contributed by atoms with Gasteiger partial charge in [-0.05, 0) is 55.3 Å². The minimum Gasteiger partial charge on any atom is -0.452 e. The SMILES string of the molecule is C[C@H]1Cc2ccccc2N1C(=O)COC(=O)c1cc(S(=O)(=O)N(C)c2ccccc2)ccc1Cl. The highest BCUT2D eigenvalue weighted by molar-refractivity contribution is 7.92. The number of carbonyl (C=O) groups is 2. The second-order valence-corrected chi connectivity index (χ2v) is 10.3. The Labute approximate surface area is 203 Å². The molecule has 1 atom stereocenters. The lowest BCUT2D eigenvalue weighted by Gasteiger charge is -2.22. The van der Waals surface area contributed by atoms with Crippen LogP contribution in [0.4, 0.5) is 11.4 Å². The fourth-order valence-electron chi connectivity index (χ4n) is 3.98. The Morgan fingerprint density at radius 1 is 1.06 bits per heavy atom. The first-order valence-corrected chi connectivity index (χ1v) is 12.4. The Balaban J connectivity index is 1.51. The molecule has 3 aromatic rings. The largest absolute Gasteiger partial charge is 0.452 e. The van der Waals surface area contributed by atoms with Gasteiger partial charge in [0, 0.05) is 18.8 Å². The summed E-state index contributed by atoms with van der Waals surface area (Å²) in [6.07, 6.45) is 0.719. The van der Waals surface area contributed by atoms with Gasteiger partial charge in [-0.25, -0.2) is 13.2 Å². The lowest BCUT2D eigenvalue weighted by molar-refractivity contribution is -0.122. The van der Waals surface area contributed by atoms with E-state index in [0.717, 1.165) is 28.0 Å². The molecule has 0 saturated carbocycles. The summed E-state index contributed by atoms with van der Waals surface area (Å²) < 4.78 is 32.5. The van der Waals surface area contributed by atoms with E-state index in [0.29, 0.717) is 5.69 Å². The standard InChI is InChI=1S/C25H23ClN2O5S/c1-17-14-18-8-6-7-11-23(18)28(17)24(29)16-33-25(30)21-15-20(12-13-22(21)26)34(31,32)27(2)19-9-4-3-5-10-19/h3-13,15,17H,14,16H2,1-2H3/t17-/m0/s1. The molecule has 0 bridgehead atoms. The van der Waals surface area contributed by atoms with E-state index in [2.05, 4.69) is 0 Å². The van der Waals surface area contributed by atoms with Crippen LogP contribution in [0.1, 0.15) is 22.8 Å². The van der Waals surface area contributed by atoms with Crippen molar-refractivity contribution in [1.29, 1.82) is 0 Å². The zero-order valence-electron chi connectivity index (χ0n) is 18.6. The van der Waals surface area contributed by atoms with Gasteiger partial charge in [0.1, 0.15) is 0 Å². The minimum absolute atomic E-state index is 0.0265. The molecule has 1 heterocycles. The molecule has 0 radical (unpaired) electrons. The van der Waals surface area contributed by atoms with Crippen LogP contribution in [0, 0.1) is 0 Å². The third kappa shape index (κ3) is 4.51. The number of anilines is 2. The number of benzene rings is 3. The summed E-state index contributed by atoms with van der Waals surface area (Å²) in [4.78, 5) is 27.1. The van der Waals surface area contributed by atoms with Gasteiger partial charge in [-0.15, -0.1) is 0 Å². The number of ether oxygens (including phenoxy) is 1. The quantitative estimate of drug-likeness (QED) is 0.473. The van der Waals surface area contributed by atoms with Gasteiger partial charge >= 0.3 is 5.97 Å². The van der Waals surface area contributed by atoms with E-state index in [1.807, 2.05) is 31.2 Å². The van der Waals surface area contributed by atoms with E-state index < -0.39 is 22.6 Å². The van der Waals surface area contributed by atoms with Gasteiger partial charge in [0.05, 0.1) is 21.2 Å². The van der Waals surface area contributed by atoms with E-state index in [-0.39, 0.29) is 27.4 Å². The summed E-state index contributed by atoms with van der Waals surface area (Å²) in [6, 6.07) is 19.9. The van der Waals surface area contributed by atoms with Gasteiger partial charge in [-0.1, -0.05) is 48.0 Å². The van der Waals surface area contributed by atoms with Crippen LogP contribution in [0.15, 0.2) is 77.7 Å². The number of esters is 1. The van der Waals surface area contributed by atoms with Gasteiger partial charge < -0.3 is 9.64 Å². The Morgan fingerprint density at radius 2 is 1.74 bits per heavy atom. The summed E-state index contributed by atoms with van der Waals surface area (Å²) in [6.45, 7) is 1.43. The van der Waals surface area contributed by atoms with Crippen molar-refractivity contribution in [2.45, 2.75) is 24.3 Å². The topological polar surface area (TPSA) is 84.0 Å². The van der Waals surface area contributed by atoms with E-state index in [4.69, 9.17) is 16.3 Å². The van der Waals surface area contributed by atoms with Gasteiger partial charge in [0.15, 0.2) is 6.61 Å². The van der Waals surface area contributed by atoms with Crippen LogP contribution >= 0.6 is 11.6 Å². The van der Waals surface area contributed by atoms with Gasteiger partial charge in [0.2, 0.25) is 0 Å². The van der Waals surface area contributed by atoms with Gasteiger partial charge in [-0.3, -0.25) is 9.10 Å². The first-order chi connectivity index (χ1) is 16.2. The van der Waals surface area contributed by atoms with Gasteiger partial charge in [-0.2, -0.15) is 0 Å². The molecule has 0 spiro atoms. The second-order valence-electron chi connectivity index (χ2n) is 7.97. The van der Waals surface area contributed by atoms with Crippen molar-refractivity contribution in [3.63, 3.8) is 0 Å². The minimum atomic E-state index is -3.96. The molecule has 0 aliphatic carbocycles. The van der Waals surface area contributed by atoms with Crippen molar-refractivity contribution < 1.29 is 22.7 Å². The average Bonchev–Trinajstić information content (AvgIpc) is 3.18. The highest BCUT2D eigenvalue weighted by Crippen LogP contribution is 2.32. The second kappa shape index (κ2) is 9.48. The van der Waals surface area contributed by atoms with Crippen molar-refractivity contribution in [3.8, 4) is 0 Å². The molecule has 0 saturated heterocycles. The highest BCUT2D eigenvalue weighted by Gasteiger charge is 2.31. The maximum atomic E-state index is 13.1. The van der Waals surface area contributed by atoms with Crippen LogP contribution in [-0.2, 0) is 26.0 Å². The molecule has 0 aromatic heterocycles. The first-order valence-electron chi connectivity index (χ1n) is 10.6. The molecule has 1 aliphatic heterocycles. The molecule has 0 unspecified atom stereocenters. The monoisotopic (exact) mass is 498 g/mol. The van der Waals surface area contributed by atoms with Crippen LogP contribution in [-0.4, -0.2) is 40.0 Å². The van der Waals surface area contributed by atoms with Crippen molar-refractivity contribution in [2.24, 2.45) is 0 Å². The molecule has 3 aromatic carbocycles. The Morgan fingerprint density at radius 3 is 2.47 bits per heavy atom. The maximum Gasteiger partial charge on any atom is 0.340 e. The number of fused-ring (bicyclic) bond motifs is 1. The number of halogens is 1. The maximum absolute atomic E-state index is 13.1. The predicted octanol–water partition coefficient (Wildman–Crippen LogP) is 4.30. The molecule has 34 heavy (non-hydrogen) atoms. The van der Waals surface area contributed by atoms with Crippen LogP contribution in [0.25, 0.3) is 0 Å². The van der Waals surface area contributed by atoms with E-state index in [1.165, 1.54) is 19.2 Å². The molecule has 1 amide bonds. The van der Waals surface area contributed by atoms with Crippen LogP contribution in [0.5, 0.6) is 0 Å². The van der Waals surface area contributed by atoms with E-state index in [9.17, 15) is 18.0 Å². The van der Waals surface area contributed by atoms with E-state index >= 15 is 0 Å². The summed E-state index contributed by atoms with van der Waals surface area (Å²) in [7, 11) is -2.54. The van der Waals surface area contributed by atoms with Crippen LogP contribution in [0.2, 0.25) is 5.02 Å². The van der Waals surface area contributed by atoms with Crippen molar-refractivity contribution in [1.82, 2.24) is 0 Å². The summed E-state index contributed by atoms with van der Waals surface area (Å²) in [5.74, 6) is -1.24. The lowest BCUT2D eigenvalue weighted by Crippen LogP contribution is -2.38.